The van der Waals surface area contributed by atoms with Crippen molar-refractivity contribution in [2.45, 2.75) is 13.3 Å². The van der Waals surface area contributed by atoms with Gasteiger partial charge in [-0.1, -0.05) is 6.92 Å². The van der Waals surface area contributed by atoms with Crippen molar-refractivity contribution >= 4 is 5.71 Å². The average Bonchev–Trinajstić information content (AvgIpc) is 2.33. The molecule has 9 heavy (non-hydrogen) atoms. The average molecular weight is 126 g/mol. The van der Waals surface area contributed by atoms with Crippen molar-refractivity contribution < 1.29 is 0 Å². The topological polar surface area (TPSA) is 24.4 Å². The molecule has 2 heteroatoms. The third-order valence-corrected chi connectivity index (χ3v) is 1.95. The third-order valence-electron chi connectivity index (χ3n) is 1.95. The van der Waals surface area contributed by atoms with Gasteiger partial charge in [0, 0.05) is 31.8 Å². The van der Waals surface area contributed by atoms with E-state index in [0.717, 1.165) is 19.0 Å². The quantitative estimate of drug-likeness (QED) is 0.549. The van der Waals surface area contributed by atoms with Gasteiger partial charge in [0.2, 0.25) is 0 Å². The smallest absolute Gasteiger partial charge is 0.0338 e. The fourth-order valence-electron chi connectivity index (χ4n) is 1.28. The van der Waals surface area contributed by atoms with E-state index < -0.39 is 0 Å². The zero-order valence-electron chi connectivity index (χ0n) is 6.15. The lowest BCUT2D eigenvalue weighted by molar-refractivity contribution is 0.662. The Labute approximate surface area is 56.4 Å². The number of nitrogens with zero attached hydrogens (tertiary/aromatic N) is 1. The van der Waals surface area contributed by atoms with Gasteiger partial charge in [-0.15, -0.1) is 0 Å². The van der Waals surface area contributed by atoms with E-state index in [1.165, 1.54) is 12.1 Å². The van der Waals surface area contributed by atoms with Crippen LogP contribution >= 0.6 is 0 Å². The van der Waals surface area contributed by atoms with Gasteiger partial charge < -0.3 is 5.32 Å². The molecule has 2 nitrogen and oxygen atoms in total. The van der Waals surface area contributed by atoms with E-state index in [9.17, 15) is 0 Å². The minimum absolute atomic E-state index is 0.718. The fraction of sp³-hybridized carbons (Fsp3) is 0.857. The predicted octanol–water partition coefficient (Wildman–Crippen LogP) is 0.687. The van der Waals surface area contributed by atoms with Crippen LogP contribution in [0.3, 0.4) is 0 Å². The first-order valence-corrected chi connectivity index (χ1v) is 3.54. The first kappa shape index (κ1) is 6.75. The zero-order chi connectivity index (χ0) is 6.69. The third kappa shape index (κ3) is 1.30. The van der Waals surface area contributed by atoms with Crippen molar-refractivity contribution in [3.63, 3.8) is 0 Å². The summed E-state index contributed by atoms with van der Waals surface area (Å²) in [6, 6.07) is 0. The fourth-order valence-corrected chi connectivity index (χ4v) is 1.28. The van der Waals surface area contributed by atoms with Crippen LogP contribution in [-0.2, 0) is 0 Å². The number of hydrogen-bond donors (Lipinski definition) is 1. The summed E-state index contributed by atoms with van der Waals surface area (Å²) in [5, 5.41) is 3.29. The molecule has 0 saturated carbocycles. The normalized spacial score (nSPS) is 31.8. The molecule has 52 valence electrons. The molecule has 1 aliphatic heterocycles. The summed E-state index contributed by atoms with van der Waals surface area (Å²) in [5.74, 6) is 0.718. The minimum Gasteiger partial charge on any atom is -0.311 e. The van der Waals surface area contributed by atoms with Crippen LogP contribution in [0.1, 0.15) is 13.3 Å². The molecule has 0 aromatic rings. The lowest BCUT2D eigenvalue weighted by atomic mass is 10.0. The van der Waals surface area contributed by atoms with Crippen LogP contribution < -0.4 is 5.32 Å². The van der Waals surface area contributed by atoms with Crippen LogP contribution in [-0.4, -0.2) is 25.8 Å². The van der Waals surface area contributed by atoms with Crippen LogP contribution in [0.15, 0.2) is 4.99 Å². The van der Waals surface area contributed by atoms with Gasteiger partial charge in [0.25, 0.3) is 0 Å². The van der Waals surface area contributed by atoms with Gasteiger partial charge in [-0.2, -0.15) is 0 Å². The van der Waals surface area contributed by atoms with Crippen molar-refractivity contribution in [1.82, 2.24) is 5.32 Å². The van der Waals surface area contributed by atoms with Crippen molar-refractivity contribution in [2.75, 3.05) is 20.1 Å². The maximum atomic E-state index is 4.19. The van der Waals surface area contributed by atoms with Gasteiger partial charge in [-0.3, -0.25) is 4.99 Å². The first-order chi connectivity index (χ1) is 4.38. The van der Waals surface area contributed by atoms with Crippen LogP contribution in [0.4, 0.5) is 0 Å². The second-order valence-electron chi connectivity index (χ2n) is 2.45. The Morgan fingerprint density at radius 2 is 2.56 bits per heavy atom. The van der Waals surface area contributed by atoms with E-state index in [4.69, 9.17) is 0 Å². The molecule has 0 amide bonds. The van der Waals surface area contributed by atoms with Crippen LogP contribution in [0.25, 0.3) is 0 Å². The van der Waals surface area contributed by atoms with Gasteiger partial charge in [0.15, 0.2) is 0 Å². The Kier molecular flexibility index (Phi) is 2.22. The molecule has 1 unspecified atom stereocenters. The summed E-state index contributed by atoms with van der Waals surface area (Å²) >= 11 is 0. The Balaban J connectivity index is 2.52. The van der Waals surface area contributed by atoms with E-state index in [-0.39, 0.29) is 0 Å². The zero-order valence-corrected chi connectivity index (χ0v) is 6.15. The SMILES string of the molecule is CCC1CNC/C1=N\C. The molecule has 1 fully saturated rings. The number of aliphatic imine (C=N–C) groups is 1. The maximum Gasteiger partial charge on any atom is 0.0338 e. The summed E-state index contributed by atoms with van der Waals surface area (Å²) in [5.41, 5.74) is 1.34. The Hall–Kier alpha value is -0.370. The number of hydrogen-bond acceptors (Lipinski definition) is 2. The predicted molar refractivity (Wildman–Crippen MR) is 40.0 cm³/mol. The number of rotatable bonds is 1. The van der Waals surface area contributed by atoms with Crippen LogP contribution in [0.2, 0.25) is 0 Å². The summed E-state index contributed by atoms with van der Waals surface area (Å²) in [6.45, 7) is 4.35. The molecule has 0 bridgehead atoms. The molecule has 0 aromatic heterocycles. The van der Waals surface area contributed by atoms with Gasteiger partial charge in [-0.25, -0.2) is 0 Å². The highest BCUT2D eigenvalue weighted by Gasteiger charge is 2.18. The Bertz CT molecular complexity index is 118. The van der Waals surface area contributed by atoms with E-state index in [1.54, 1.807) is 0 Å². The summed E-state index contributed by atoms with van der Waals surface area (Å²) < 4.78 is 0. The Morgan fingerprint density at radius 3 is 3.00 bits per heavy atom. The first-order valence-electron chi connectivity index (χ1n) is 3.54. The highest BCUT2D eigenvalue weighted by Crippen LogP contribution is 2.08. The highest BCUT2D eigenvalue weighted by atomic mass is 14.9. The standard InChI is InChI=1S/C7H14N2/c1-3-6-4-9-5-7(6)8-2/h6,9H,3-5H2,1-2H3/b8-7+. The lowest BCUT2D eigenvalue weighted by Crippen LogP contribution is -2.09. The van der Waals surface area contributed by atoms with Crippen molar-refractivity contribution in [3.8, 4) is 0 Å². The molecule has 1 N–H and O–H groups in total. The molecule has 0 spiro atoms. The van der Waals surface area contributed by atoms with Gasteiger partial charge in [0.05, 0.1) is 0 Å². The van der Waals surface area contributed by atoms with E-state index in [0.29, 0.717) is 0 Å². The van der Waals surface area contributed by atoms with E-state index >= 15 is 0 Å². The second-order valence-corrected chi connectivity index (χ2v) is 2.45. The summed E-state index contributed by atoms with van der Waals surface area (Å²) in [6.07, 6.45) is 1.22. The monoisotopic (exact) mass is 126 g/mol. The molecule has 1 atom stereocenters. The van der Waals surface area contributed by atoms with Crippen LogP contribution in [0.5, 0.6) is 0 Å². The molecule has 1 aliphatic rings. The lowest BCUT2D eigenvalue weighted by Gasteiger charge is -2.03. The van der Waals surface area contributed by atoms with Crippen molar-refractivity contribution in [2.24, 2.45) is 10.9 Å². The minimum atomic E-state index is 0.718. The maximum absolute atomic E-state index is 4.19. The molecule has 1 heterocycles. The second kappa shape index (κ2) is 2.97. The highest BCUT2D eigenvalue weighted by molar-refractivity contribution is 5.90. The Morgan fingerprint density at radius 1 is 1.78 bits per heavy atom. The van der Waals surface area contributed by atoms with Gasteiger partial charge in [0.1, 0.15) is 0 Å². The molecule has 0 aromatic carbocycles. The molecule has 0 radical (unpaired) electrons. The summed E-state index contributed by atoms with van der Waals surface area (Å²) in [4.78, 5) is 4.19. The summed E-state index contributed by atoms with van der Waals surface area (Å²) in [7, 11) is 1.88. The molecule has 1 rings (SSSR count). The van der Waals surface area contributed by atoms with Gasteiger partial charge >= 0.3 is 0 Å². The van der Waals surface area contributed by atoms with Gasteiger partial charge in [-0.05, 0) is 6.42 Å². The number of nitrogens with one attached hydrogen (secondary N) is 1. The van der Waals surface area contributed by atoms with Crippen molar-refractivity contribution in [3.05, 3.63) is 0 Å². The molecule has 0 aliphatic carbocycles. The van der Waals surface area contributed by atoms with Crippen molar-refractivity contribution in [1.29, 1.82) is 0 Å². The van der Waals surface area contributed by atoms with E-state index in [1.807, 2.05) is 7.05 Å². The molecular formula is C7H14N2. The molecular weight excluding hydrogens is 112 g/mol. The van der Waals surface area contributed by atoms with Crippen LogP contribution in [0, 0.1) is 5.92 Å². The van der Waals surface area contributed by atoms with E-state index in [2.05, 4.69) is 17.2 Å². The largest absolute Gasteiger partial charge is 0.311 e. The molecule has 1 saturated heterocycles.